The second kappa shape index (κ2) is 10.2. The molecule has 4 aliphatic carbocycles. The Hall–Kier alpha value is -6.06. The third-order valence-corrected chi connectivity index (χ3v) is 13.9. The summed E-state index contributed by atoms with van der Waals surface area (Å²) in [4.78, 5) is 0. The summed E-state index contributed by atoms with van der Waals surface area (Å²) >= 11 is 0. The van der Waals surface area contributed by atoms with Crippen LogP contribution in [0.1, 0.15) is 65.2 Å². The first-order valence-corrected chi connectivity index (χ1v) is 19.1. The summed E-state index contributed by atoms with van der Waals surface area (Å²) in [5.74, 6) is 1.67. The van der Waals surface area contributed by atoms with Crippen LogP contribution in [0.15, 0.2) is 151 Å². The van der Waals surface area contributed by atoms with E-state index in [1.54, 1.807) is 10.6 Å². The zero-order valence-electron chi connectivity index (χ0n) is 45.4. The van der Waals surface area contributed by atoms with Gasteiger partial charge in [0.15, 0.2) is 0 Å². The molecular formula is C52H39N3. The molecule has 4 heterocycles. The average molecular weight is 722 g/mol. The van der Waals surface area contributed by atoms with Gasteiger partial charge in [-0.1, -0.05) is 90.7 Å². The van der Waals surface area contributed by atoms with Gasteiger partial charge in [-0.15, -0.1) is 0 Å². The number of nitrogens with zero attached hydrogens (tertiary/aromatic N) is 3. The highest BCUT2D eigenvalue weighted by Crippen LogP contribution is 2.68. The Labute approximate surface area is 341 Å². The van der Waals surface area contributed by atoms with Crippen molar-refractivity contribution in [2.75, 3.05) is 0 Å². The van der Waals surface area contributed by atoms with Crippen LogP contribution in [0.2, 0.25) is 0 Å². The first kappa shape index (κ1) is 18.5. The smallest absolute Gasteiger partial charge is 0.0645 e. The fourth-order valence-corrected chi connectivity index (χ4v) is 12.3. The van der Waals surface area contributed by atoms with E-state index >= 15 is 0 Å². The highest BCUT2D eigenvalue weighted by Gasteiger charge is 2.61. The third-order valence-electron chi connectivity index (χ3n) is 13.9. The molecule has 0 atom stereocenters. The van der Waals surface area contributed by atoms with E-state index in [2.05, 4.69) is 28.8 Å². The van der Waals surface area contributed by atoms with Gasteiger partial charge >= 0.3 is 0 Å². The minimum Gasteiger partial charge on any atom is -0.309 e. The number of benzene rings is 7. The van der Waals surface area contributed by atoms with E-state index in [4.69, 9.17) is 13.7 Å². The summed E-state index contributed by atoms with van der Waals surface area (Å²) in [7, 11) is 0. The Morgan fingerprint density at radius 2 is 0.945 bits per heavy atom. The summed E-state index contributed by atoms with van der Waals surface area (Å²) < 4.78 is 149. The van der Waals surface area contributed by atoms with Crippen molar-refractivity contribution in [1.29, 1.82) is 0 Å². The Bertz CT molecular complexity index is 4040. The number of hydrogen-bond acceptors (Lipinski definition) is 0. The van der Waals surface area contributed by atoms with E-state index in [9.17, 15) is 8.22 Å². The van der Waals surface area contributed by atoms with Gasteiger partial charge in [0.05, 0.1) is 60.7 Å². The normalized spacial score (nSPS) is 27.8. The SMILES string of the molecule is [2H]c1c([2H])c([2H])c2c(c1[2H])c1c([2H])c([2H])c([2H])c([2H])c1n2-c1ccc2c(c1)c1cc(-n3c4c([2H])c([2H])c([2H])c([2H])c4c4c([2H])c([2H])c([2H])c([2H])c43)cc3c1n2-c1ccccc1C31C2CC3CC(C2)CC1C3. The second-order valence-corrected chi connectivity index (χ2v) is 16.2. The van der Waals surface area contributed by atoms with Gasteiger partial charge in [0.1, 0.15) is 0 Å². The van der Waals surface area contributed by atoms with Gasteiger partial charge < -0.3 is 13.7 Å². The van der Waals surface area contributed by atoms with Crippen LogP contribution < -0.4 is 0 Å². The van der Waals surface area contributed by atoms with Gasteiger partial charge in [0.2, 0.25) is 0 Å². The van der Waals surface area contributed by atoms with Crippen molar-refractivity contribution >= 4 is 65.4 Å². The zero-order chi connectivity index (χ0) is 49.5. The van der Waals surface area contributed by atoms with Gasteiger partial charge in [-0.05, 0) is 127 Å². The molecule has 3 heteroatoms. The van der Waals surface area contributed by atoms with Gasteiger partial charge in [-0.3, -0.25) is 0 Å². The zero-order valence-corrected chi connectivity index (χ0v) is 29.4. The fourth-order valence-electron chi connectivity index (χ4n) is 12.3. The number of fused-ring (bicyclic) bond motifs is 11. The van der Waals surface area contributed by atoms with Crippen molar-refractivity contribution in [2.45, 2.75) is 37.5 Å². The fraction of sp³-hybridized carbons (Fsp3) is 0.192. The number of aromatic nitrogens is 3. The molecule has 262 valence electrons. The number of rotatable bonds is 2. The minimum absolute atomic E-state index is 0.0119. The number of hydrogen-bond donors (Lipinski definition) is 0. The van der Waals surface area contributed by atoms with Crippen LogP contribution >= 0.6 is 0 Å². The minimum atomic E-state index is -0.539. The molecule has 5 aliphatic rings. The molecule has 4 fully saturated rings. The molecule has 0 N–H and O–H groups in total. The molecule has 4 bridgehead atoms. The van der Waals surface area contributed by atoms with Crippen molar-refractivity contribution in [3.8, 4) is 17.1 Å². The van der Waals surface area contributed by atoms with E-state index < -0.39 is 102 Å². The lowest BCUT2D eigenvalue weighted by molar-refractivity contribution is -0.0418. The van der Waals surface area contributed by atoms with Crippen LogP contribution in [0.25, 0.3) is 82.5 Å². The summed E-state index contributed by atoms with van der Waals surface area (Å²) in [6.45, 7) is 0. The van der Waals surface area contributed by atoms with E-state index in [0.717, 1.165) is 48.0 Å². The lowest BCUT2D eigenvalue weighted by Crippen LogP contribution is -2.57. The van der Waals surface area contributed by atoms with Crippen LogP contribution in [0, 0.1) is 23.7 Å². The van der Waals surface area contributed by atoms with Crippen molar-refractivity contribution in [3.63, 3.8) is 0 Å². The Morgan fingerprint density at radius 1 is 0.436 bits per heavy atom. The molecule has 0 saturated heterocycles. The van der Waals surface area contributed by atoms with Crippen LogP contribution in [0.5, 0.6) is 0 Å². The third kappa shape index (κ3) is 3.50. The molecule has 10 aromatic rings. The molecule has 55 heavy (non-hydrogen) atoms. The maximum absolute atomic E-state index is 9.44. The maximum Gasteiger partial charge on any atom is 0.0645 e. The Kier molecular flexibility index (Phi) is 3.42. The van der Waals surface area contributed by atoms with E-state index in [-0.39, 0.29) is 55.4 Å². The molecule has 15 rings (SSSR count). The maximum atomic E-state index is 9.44. The first-order chi connectivity index (χ1) is 33.9. The lowest BCUT2D eigenvalue weighted by atomic mass is 9.41. The molecule has 0 amide bonds. The van der Waals surface area contributed by atoms with Crippen LogP contribution in [0.3, 0.4) is 0 Å². The highest BCUT2D eigenvalue weighted by atomic mass is 15.0. The van der Waals surface area contributed by atoms with E-state index in [1.165, 1.54) is 16.6 Å². The van der Waals surface area contributed by atoms with Gasteiger partial charge in [0.25, 0.3) is 0 Å². The van der Waals surface area contributed by atoms with Crippen molar-refractivity contribution in [1.82, 2.24) is 13.7 Å². The van der Waals surface area contributed by atoms with Crippen LogP contribution in [0.4, 0.5) is 0 Å². The van der Waals surface area contributed by atoms with E-state index in [0.29, 0.717) is 34.0 Å². The van der Waals surface area contributed by atoms with Gasteiger partial charge in [0, 0.05) is 49.1 Å². The van der Waals surface area contributed by atoms with Crippen LogP contribution in [-0.2, 0) is 5.41 Å². The average Bonchev–Trinajstić information content (AvgIpc) is 4.04. The molecule has 1 spiro atoms. The van der Waals surface area contributed by atoms with Crippen LogP contribution in [-0.4, -0.2) is 13.7 Å². The number of para-hydroxylation sites is 5. The lowest BCUT2D eigenvalue weighted by Gasteiger charge is -2.63. The topological polar surface area (TPSA) is 14.8 Å². The summed E-state index contributed by atoms with van der Waals surface area (Å²) in [5.41, 5.74) is 5.12. The first-order valence-electron chi connectivity index (χ1n) is 27.1. The quantitative estimate of drug-likeness (QED) is 0.169. The van der Waals surface area contributed by atoms with Gasteiger partial charge in [-0.25, -0.2) is 0 Å². The molecule has 0 radical (unpaired) electrons. The molecule has 0 unspecified atom stereocenters. The molecule has 1 aliphatic heterocycles. The predicted octanol–water partition coefficient (Wildman–Crippen LogP) is 13.0. The molecule has 7 aromatic carbocycles. The Balaban J connectivity index is 1.20. The molecule has 3 nitrogen and oxygen atoms in total. The standard InChI is InChI=1S/C52H39N3/c1-6-16-45-37(11-1)38-12-2-7-17-46(38)53(45)35-21-22-49-41(28-35)42-29-36(54-47-18-8-3-13-39(47)40-14-4-9-19-48(40)54)30-44-51(42)55(49)50-20-10-5-15-43(50)52(44)33-24-31-23-32(26-33)27-34(52)25-31/h1-22,28-34H,23-27H2/i1D,2D,3D,4D,6D,7D,8D,9D,11D,12D,13D,14D,16D,17D,18D,19D. The van der Waals surface area contributed by atoms with Crippen molar-refractivity contribution in [2.24, 2.45) is 23.7 Å². The monoisotopic (exact) mass is 721 g/mol. The van der Waals surface area contributed by atoms with Gasteiger partial charge in [-0.2, -0.15) is 0 Å². The predicted molar refractivity (Wildman–Crippen MR) is 227 cm³/mol. The second-order valence-electron chi connectivity index (χ2n) is 16.2. The van der Waals surface area contributed by atoms with Crippen molar-refractivity contribution < 1.29 is 21.9 Å². The Morgan fingerprint density at radius 3 is 1.53 bits per heavy atom. The van der Waals surface area contributed by atoms with E-state index in [1.807, 2.05) is 24.3 Å². The summed E-state index contributed by atoms with van der Waals surface area (Å²) in [5, 5.41) is 1.25. The molecule has 4 saturated carbocycles. The largest absolute Gasteiger partial charge is 0.309 e. The summed E-state index contributed by atoms with van der Waals surface area (Å²) in [6, 6.07) is 10.5. The molecule has 3 aromatic heterocycles. The van der Waals surface area contributed by atoms with Crippen molar-refractivity contribution in [3.05, 3.63) is 162 Å². The molecular weight excluding hydrogens is 667 g/mol. The summed E-state index contributed by atoms with van der Waals surface area (Å²) in [6.07, 6.45) is 5.31. The highest BCUT2D eigenvalue weighted by molar-refractivity contribution is 6.15.